The van der Waals surface area contributed by atoms with E-state index in [1.54, 1.807) is 0 Å². The Morgan fingerprint density at radius 1 is 1.32 bits per heavy atom. The fourth-order valence-electron chi connectivity index (χ4n) is 5.49. The van der Waals surface area contributed by atoms with Gasteiger partial charge in [-0.1, -0.05) is 19.9 Å². The molecule has 8 nitrogen and oxygen atoms in total. The number of nitrogens with zero attached hydrogens (tertiary/aromatic N) is 2. The average molecular weight is 528 g/mol. The number of carboxylic acid groups (broad SMARTS) is 1. The lowest BCUT2D eigenvalue weighted by atomic mass is 10.0. The van der Waals surface area contributed by atoms with Gasteiger partial charge in [-0.05, 0) is 62.1 Å². The molecule has 2 N–H and O–H groups in total. The zero-order chi connectivity index (χ0) is 26.6. The topological polar surface area (TPSA) is 93.2 Å². The van der Waals surface area contributed by atoms with Gasteiger partial charge in [0.15, 0.2) is 11.5 Å². The maximum atomic E-state index is 14.5. The van der Waals surface area contributed by atoms with Crippen LogP contribution in [0.1, 0.15) is 62.4 Å². The third-order valence-corrected chi connectivity index (χ3v) is 7.67. The average Bonchev–Trinajstić information content (AvgIpc) is 3.36. The maximum absolute atomic E-state index is 14.5. The minimum absolute atomic E-state index is 0.0621. The van der Waals surface area contributed by atoms with Gasteiger partial charge in [0, 0.05) is 43.6 Å². The van der Waals surface area contributed by atoms with Gasteiger partial charge < -0.3 is 24.6 Å². The summed E-state index contributed by atoms with van der Waals surface area (Å²) in [5.41, 5.74) is 2.69. The van der Waals surface area contributed by atoms with E-state index in [9.17, 15) is 14.3 Å². The highest BCUT2D eigenvalue weighted by Crippen LogP contribution is 2.42. The van der Waals surface area contributed by atoms with Crippen LogP contribution in [0.2, 0.25) is 0 Å². The summed E-state index contributed by atoms with van der Waals surface area (Å²) in [6, 6.07) is 5.80. The van der Waals surface area contributed by atoms with Crippen LogP contribution in [0.4, 0.5) is 10.2 Å². The Morgan fingerprint density at radius 2 is 2.18 bits per heavy atom. The number of carboxylic acids is 1. The number of carbonyl (C=O) groups is 1. The zero-order valence-corrected chi connectivity index (χ0v) is 22.2. The minimum Gasteiger partial charge on any atom is -0.486 e. The summed E-state index contributed by atoms with van der Waals surface area (Å²) in [6.45, 7) is 6.95. The number of rotatable bonds is 10. The zero-order valence-electron chi connectivity index (χ0n) is 22.2. The summed E-state index contributed by atoms with van der Waals surface area (Å²) in [4.78, 5) is 19.0. The number of aliphatic carboxylic acids is 1. The number of hydrogen-bond acceptors (Lipinski definition) is 7. The van der Waals surface area contributed by atoms with E-state index in [4.69, 9.17) is 19.2 Å². The largest absolute Gasteiger partial charge is 0.486 e. The molecule has 3 atom stereocenters. The molecule has 2 aromatic rings. The molecule has 38 heavy (non-hydrogen) atoms. The first-order chi connectivity index (χ1) is 18.4. The molecule has 206 valence electrons. The van der Waals surface area contributed by atoms with Crippen LogP contribution in [0.3, 0.4) is 0 Å². The molecule has 1 aromatic carbocycles. The van der Waals surface area contributed by atoms with E-state index < -0.39 is 17.8 Å². The van der Waals surface area contributed by atoms with E-state index in [2.05, 4.69) is 17.4 Å². The number of fused-ring (bicyclic) bond motifs is 2. The van der Waals surface area contributed by atoms with Gasteiger partial charge in [-0.2, -0.15) is 0 Å². The molecule has 0 bridgehead atoms. The molecular weight excluding hydrogens is 489 g/mol. The van der Waals surface area contributed by atoms with E-state index >= 15 is 0 Å². The number of nitrogens with one attached hydrogen (secondary N) is 1. The van der Waals surface area contributed by atoms with Crippen molar-refractivity contribution in [2.75, 3.05) is 38.2 Å². The SMILES string of the molecule is CC(C)[C@@H]1COc2cc(F)cc([C@@H](C(=O)O)N3CC[C@@H](OCCCCc4ccc5c(n4)NCCC5)C3)c2O1. The van der Waals surface area contributed by atoms with E-state index in [-0.39, 0.29) is 23.9 Å². The van der Waals surface area contributed by atoms with E-state index in [1.165, 1.54) is 17.7 Å². The van der Waals surface area contributed by atoms with Crippen LogP contribution < -0.4 is 14.8 Å². The monoisotopic (exact) mass is 527 g/mol. The van der Waals surface area contributed by atoms with Crippen LogP contribution in [-0.4, -0.2) is 66.0 Å². The molecule has 3 aliphatic heterocycles. The summed E-state index contributed by atoms with van der Waals surface area (Å²) >= 11 is 0. The van der Waals surface area contributed by atoms with Gasteiger partial charge in [-0.3, -0.25) is 9.69 Å². The Bertz CT molecular complexity index is 1140. The van der Waals surface area contributed by atoms with Gasteiger partial charge in [-0.25, -0.2) is 9.37 Å². The van der Waals surface area contributed by atoms with Gasteiger partial charge in [0.1, 0.15) is 30.4 Å². The minimum atomic E-state index is -1.04. The fourth-order valence-corrected chi connectivity index (χ4v) is 5.49. The smallest absolute Gasteiger partial charge is 0.325 e. The molecular formula is C29H38FN3O5. The van der Waals surface area contributed by atoms with Crippen molar-refractivity contribution in [1.82, 2.24) is 9.88 Å². The number of hydrogen-bond donors (Lipinski definition) is 2. The number of likely N-dealkylation sites (tertiary alicyclic amines) is 1. The number of halogens is 1. The van der Waals surface area contributed by atoms with Crippen molar-refractivity contribution < 1.29 is 28.5 Å². The van der Waals surface area contributed by atoms with Crippen LogP contribution >= 0.6 is 0 Å². The van der Waals surface area contributed by atoms with Crippen molar-refractivity contribution in [2.45, 2.75) is 70.6 Å². The van der Waals surface area contributed by atoms with Gasteiger partial charge in [0.2, 0.25) is 0 Å². The first-order valence-corrected chi connectivity index (χ1v) is 13.8. The summed E-state index contributed by atoms with van der Waals surface area (Å²) in [5.74, 6) is 0.223. The molecule has 9 heteroatoms. The molecule has 0 amide bonds. The number of aromatic nitrogens is 1. The van der Waals surface area contributed by atoms with Crippen LogP contribution in [0, 0.1) is 11.7 Å². The Kier molecular flexibility index (Phi) is 8.33. The second-order valence-corrected chi connectivity index (χ2v) is 10.8. The molecule has 0 aliphatic carbocycles. The third kappa shape index (κ3) is 6.04. The molecule has 1 aromatic heterocycles. The van der Waals surface area contributed by atoms with Crippen LogP contribution in [0.15, 0.2) is 24.3 Å². The van der Waals surface area contributed by atoms with Gasteiger partial charge in [0.05, 0.1) is 6.10 Å². The number of aryl methyl sites for hydroxylation is 2. The molecule has 5 rings (SSSR count). The van der Waals surface area contributed by atoms with Crippen LogP contribution in [-0.2, 0) is 22.4 Å². The highest BCUT2D eigenvalue weighted by atomic mass is 19.1. The van der Waals surface area contributed by atoms with Crippen molar-refractivity contribution in [1.29, 1.82) is 0 Å². The number of unbranched alkanes of at least 4 members (excludes halogenated alkanes) is 1. The molecule has 4 heterocycles. The molecule has 1 fully saturated rings. The molecule has 0 unspecified atom stereocenters. The van der Waals surface area contributed by atoms with E-state index in [0.717, 1.165) is 56.6 Å². The van der Waals surface area contributed by atoms with Gasteiger partial charge in [0.25, 0.3) is 0 Å². The predicted octanol–water partition coefficient (Wildman–Crippen LogP) is 4.61. The number of pyridine rings is 1. The summed E-state index contributed by atoms with van der Waals surface area (Å²) in [6.07, 6.45) is 5.48. The van der Waals surface area contributed by atoms with Crippen LogP contribution in [0.5, 0.6) is 11.5 Å². The number of ether oxygens (including phenoxy) is 3. The normalized spacial score (nSPS) is 21.7. The van der Waals surface area contributed by atoms with E-state index in [1.807, 2.05) is 18.7 Å². The lowest BCUT2D eigenvalue weighted by Crippen LogP contribution is -2.37. The Labute approximate surface area is 223 Å². The summed E-state index contributed by atoms with van der Waals surface area (Å²) in [5, 5.41) is 13.5. The lowest BCUT2D eigenvalue weighted by Gasteiger charge is -2.33. The van der Waals surface area contributed by atoms with E-state index in [0.29, 0.717) is 37.6 Å². The van der Waals surface area contributed by atoms with Crippen LogP contribution in [0.25, 0.3) is 0 Å². The highest BCUT2D eigenvalue weighted by Gasteiger charge is 2.38. The molecule has 1 saturated heterocycles. The maximum Gasteiger partial charge on any atom is 0.325 e. The summed E-state index contributed by atoms with van der Waals surface area (Å²) in [7, 11) is 0. The van der Waals surface area contributed by atoms with Crippen molar-refractivity contribution in [3.8, 4) is 11.5 Å². The van der Waals surface area contributed by atoms with Crippen molar-refractivity contribution >= 4 is 11.8 Å². The third-order valence-electron chi connectivity index (χ3n) is 7.67. The Balaban J connectivity index is 1.15. The number of benzene rings is 1. The molecule has 0 saturated carbocycles. The number of anilines is 1. The Morgan fingerprint density at radius 3 is 3.00 bits per heavy atom. The highest BCUT2D eigenvalue weighted by molar-refractivity contribution is 5.77. The quantitative estimate of drug-likeness (QED) is 0.433. The molecule has 0 spiro atoms. The first-order valence-electron chi connectivity index (χ1n) is 13.8. The van der Waals surface area contributed by atoms with Gasteiger partial charge >= 0.3 is 5.97 Å². The van der Waals surface area contributed by atoms with Gasteiger partial charge in [-0.15, -0.1) is 0 Å². The second-order valence-electron chi connectivity index (χ2n) is 10.8. The standard InChI is InChI=1S/C29H38FN3O5/c1-18(2)25-17-37-24-15-20(30)14-23(27(24)38-25)26(29(34)35)33-12-10-22(16-33)36-13-4-3-7-21-9-8-19-6-5-11-31-28(19)32-21/h8-9,14-15,18,22,25-26H,3-7,10-13,16-17H2,1-2H3,(H,31,32)(H,34,35)/t22-,25+,26+/m1/s1. The molecule has 0 radical (unpaired) electrons. The van der Waals surface area contributed by atoms with Crippen molar-refractivity contribution in [2.24, 2.45) is 5.92 Å². The van der Waals surface area contributed by atoms with Crippen molar-refractivity contribution in [3.63, 3.8) is 0 Å². The second kappa shape index (κ2) is 11.9. The predicted molar refractivity (Wildman–Crippen MR) is 141 cm³/mol. The first kappa shape index (κ1) is 26.7. The summed E-state index contributed by atoms with van der Waals surface area (Å²) < 4.78 is 32.5. The lowest BCUT2D eigenvalue weighted by molar-refractivity contribution is -0.143. The molecule has 3 aliphatic rings. The fraction of sp³-hybridized carbons (Fsp3) is 0.586. The Hall–Kier alpha value is -2.91. The van der Waals surface area contributed by atoms with Crippen molar-refractivity contribution in [3.05, 3.63) is 46.9 Å².